The van der Waals surface area contributed by atoms with Crippen molar-refractivity contribution in [3.63, 3.8) is 0 Å². The molecule has 2 amide bonds. The van der Waals surface area contributed by atoms with Gasteiger partial charge >= 0.3 is 0 Å². The summed E-state index contributed by atoms with van der Waals surface area (Å²) in [6, 6.07) is 20.2. The minimum atomic E-state index is -0.391. The van der Waals surface area contributed by atoms with E-state index in [0.717, 1.165) is 74.7 Å². The number of nitrogens with one attached hydrogen (secondary N) is 3. The zero-order chi connectivity index (χ0) is 36.5. The maximum atomic E-state index is 13.5. The van der Waals surface area contributed by atoms with Gasteiger partial charge in [-0.25, -0.2) is 19.3 Å². The summed E-state index contributed by atoms with van der Waals surface area (Å²) in [5.74, 6) is 1.02. The van der Waals surface area contributed by atoms with Crippen LogP contribution in [0.15, 0.2) is 84.3 Å². The van der Waals surface area contributed by atoms with Crippen LogP contribution in [0.5, 0.6) is 0 Å². The van der Waals surface area contributed by atoms with Crippen molar-refractivity contribution in [1.82, 2.24) is 34.5 Å². The first kappa shape index (κ1) is 34.3. The molecule has 13 nitrogen and oxygen atoms in total. The van der Waals surface area contributed by atoms with Crippen molar-refractivity contribution < 1.29 is 9.59 Å². The maximum absolute atomic E-state index is 13.5. The average molecular weight is 713 g/mol. The topological polar surface area (TPSA) is 142 Å². The Balaban J connectivity index is 0.900. The first-order chi connectivity index (χ1) is 25.9. The molecule has 2 unspecified atom stereocenters. The molecule has 53 heavy (non-hydrogen) atoms. The minimum absolute atomic E-state index is 0.178. The number of hydrogen-bond acceptors (Lipinski definition) is 10. The van der Waals surface area contributed by atoms with E-state index in [1.165, 1.54) is 11.1 Å². The molecular formula is C40H44N10O3. The molecule has 1 aliphatic carbocycles. The molecule has 3 aromatic heterocycles. The van der Waals surface area contributed by atoms with Crippen molar-refractivity contribution in [3.8, 4) is 5.82 Å². The van der Waals surface area contributed by atoms with E-state index in [4.69, 9.17) is 9.97 Å². The second-order valence-electron chi connectivity index (χ2n) is 14.1. The summed E-state index contributed by atoms with van der Waals surface area (Å²) < 4.78 is 3.42. The van der Waals surface area contributed by atoms with Gasteiger partial charge in [0, 0.05) is 74.0 Å². The van der Waals surface area contributed by atoms with E-state index in [9.17, 15) is 14.4 Å². The molecule has 3 aliphatic rings. The Hall–Kier alpha value is -5.82. The molecule has 2 aliphatic heterocycles. The lowest BCUT2D eigenvalue weighted by molar-refractivity contribution is -0.133. The molecule has 2 atom stereocenters. The molecule has 2 aromatic carbocycles. The molecule has 0 saturated carbocycles. The predicted molar refractivity (Wildman–Crippen MR) is 206 cm³/mol. The van der Waals surface area contributed by atoms with E-state index in [1.807, 2.05) is 30.3 Å². The fourth-order valence-electron chi connectivity index (χ4n) is 7.69. The largest absolute Gasteiger partial charge is 0.374 e. The Morgan fingerprint density at radius 1 is 0.906 bits per heavy atom. The number of piperazine rings is 1. The van der Waals surface area contributed by atoms with Gasteiger partial charge in [0.1, 0.15) is 11.4 Å². The molecule has 5 aromatic rings. The highest BCUT2D eigenvalue weighted by Gasteiger charge is 2.27. The molecule has 272 valence electrons. The predicted octanol–water partition coefficient (Wildman–Crippen LogP) is 4.89. The standard InChI is InChI=1S/C40H44N10O3/c1-3-19-49-39(53)32-24-41-40(46-37(32)50(49)34-17-9-28-8-7-27(4-2)36(28)44-34)43-30-10-5-26(6-11-30)25-47-20-22-48(23-21-47)31-14-12-29(13-15-31)42-33-16-18-35(51)45-38(33)52/h3,5-6,9-15,17,24,27,33,42H,1,4,7-8,16,18-23,25H2,2H3,(H,41,43,46)(H,45,51,52). The smallest absolute Gasteiger partial charge is 0.278 e. The van der Waals surface area contributed by atoms with Crippen molar-refractivity contribution in [1.29, 1.82) is 0 Å². The number of pyridine rings is 1. The number of carbonyl (C=O) groups excluding carboxylic acids is 2. The van der Waals surface area contributed by atoms with Gasteiger partial charge in [-0.2, -0.15) is 4.98 Å². The molecular weight excluding hydrogens is 669 g/mol. The third kappa shape index (κ3) is 7.04. The van der Waals surface area contributed by atoms with Crippen LogP contribution < -0.4 is 26.4 Å². The van der Waals surface area contributed by atoms with E-state index in [-0.39, 0.29) is 17.4 Å². The Morgan fingerprint density at radius 2 is 1.68 bits per heavy atom. The van der Waals surface area contributed by atoms with Crippen LogP contribution >= 0.6 is 0 Å². The number of allylic oxidation sites excluding steroid dienone is 1. The van der Waals surface area contributed by atoms with Crippen LogP contribution in [0.2, 0.25) is 0 Å². The summed E-state index contributed by atoms with van der Waals surface area (Å²) in [4.78, 5) is 56.2. The fourth-order valence-corrected chi connectivity index (χ4v) is 7.69. The molecule has 13 heteroatoms. The summed E-state index contributed by atoms with van der Waals surface area (Å²) in [5, 5.41) is 9.40. The van der Waals surface area contributed by atoms with Crippen LogP contribution in [-0.2, 0) is 29.1 Å². The molecule has 3 N–H and O–H groups in total. The van der Waals surface area contributed by atoms with Gasteiger partial charge in [-0.15, -0.1) is 6.58 Å². The van der Waals surface area contributed by atoms with E-state index in [1.54, 1.807) is 21.6 Å². The van der Waals surface area contributed by atoms with Gasteiger partial charge in [0.15, 0.2) is 11.5 Å². The lowest BCUT2D eigenvalue weighted by Crippen LogP contribution is -2.47. The molecule has 8 rings (SSSR count). The molecule has 5 heterocycles. The number of imide groups is 1. The molecule has 2 saturated heterocycles. The Labute approximate surface area is 307 Å². The highest BCUT2D eigenvalue weighted by molar-refractivity contribution is 6.01. The lowest BCUT2D eigenvalue weighted by atomic mass is 10.0. The van der Waals surface area contributed by atoms with Gasteiger partial charge in [-0.1, -0.05) is 31.2 Å². The van der Waals surface area contributed by atoms with E-state index >= 15 is 0 Å². The lowest BCUT2D eigenvalue weighted by Gasteiger charge is -2.36. The summed E-state index contributed by atoms with van der Waals surface area (Å²) in [6.07, 6.45) is 7.32. The van der Waals surface area contributed by atoms with Gasteiger partial charge < -0.3 is 15.5 Å². The molecule has 0 bridgehead atoms. The molecule has 2 fully saturated rings. The number of aromatic nitrogens is 5. The van der Waals surface area contributed by atoms with Gasteiger partial charge in [-0.3, -0.25) is 24.6 Å². The quantitative estimate of drug-likeness (QED) is 0.128. The number of benzene rings is 2. The summed E-state index contributed by atoms with van der Waals surface area (Å²) >= 11 is 0. The number of anilines is 4. The summed E-state index contributed by atoms with van der Waals surface area (Å²) in [6.45, 7) is 11.0. The minimum Gasteiger partial charge on any atom is -0.374 e. The summed E-state index contributed by atoms with van der Waals surface area (Å²) in [7, 11) is 0. The number of rotatable bonds is 11. The molecule has 0 radical (unpaired) electrons. The maximum Gasteiger partial charge on any atom is 0.278 e. The van der Waals surface area contributed by atoms with Crippen LogP contribution in [0.1, 0.15) is 55.3 Å². The van der Waals surface area contributed by atoms with Gasteiger partial charge in [0.25, 0.3) is 5.56 Å². The SMILES string of the molecule is C=CCn1c(=O)c2cnc(Nc3ccc(CN4CCN(c5ccc(NC6CCC(=O)NC6=O)cc5)CC4)cc3)nc2n1-c1ccc2c(n1)C(CC)CC2. The number of carbonyl (C=O) groups is 2. The van der Waals surface area contributed by atoms with Crippen molar-refractivity contribution >= 4 is 45.9 Å². The van der Waals surface area contributed by atoms with E-state index < -0.39 is 6.04 Å². The van der Waals surface area contributed by atoms with Crippen LogP contribution in [0.25, 0.3) is 16.9 Å². The number of amides is 2. The number of fused-ring (bicyclic) bond motifs is 2. The highest BCUT2D eigenvalue weighted by atomic mass is 16.2. The fraction of sp³-hybridized carbons (Fsp3) is 0.350. The van der Waals surface area contributed by atoms with Crippen molar-refractivity contribution in [2.75, 3.05) is 41.7 Å². The third-order valence-electron chi connectivity index (χ3n) is 10.6. The first-order valence-electron chi connectivity index (χ1n) is 18.5. The van der Waals surface area contributed by atoms with Crippen LogP contribution in [0, 0.1) is 0 Å². The highest BCUT2D eigenvalue weighted by Crippen LogP contribution is 2.34. The third-order valence-corrected chi connectivity index (χ3v) is 10.6. The van der Waals surface area contributed by atoms with E-state index in [0.29, 0.717) is 48.1 Å². The van der Waals surface area contributed by atoms with Gasteiger partial charge in [0.2, 0.25) is 17.8 Å². The Morgan fingerprint density at radius 3 is 2.42 bits per heavy atom. The second-order valence-corrected chi connectivity index (χ2v) is 14.1. The van der Waals surface area contributed by atoms with Crippen LogP contribution in [0.3, 0.4) is 0 Å². The van der Waals surface area contributed by atoms with Crippen molar-refractivity contribution in [3.05, 3.63) is 107 Å². The monoisotopic (exact) mass is 712 g/mol. The number of aryl methyl sites for hydroxylation is 1. The van der Waals surface area contributed by atoms with E-state index in [2.05, 4.69) is 74.6 Å². The van der Waals surface area contributed by atoms with Gasteiger partial charge in [0.05, 0.1) is 6.54 Å². The normalized spacial score (nSPS) is 18.9. The van der Waals surface area contributed by atoms with Crippen molar-refractivity contribution in [2.45, 2.75) is 64.1 Å². The zero-order valence-corrected chi connectivity index (χ0v) is 29.9. The number of nitrogens with zero attached hydrogens (tertiary/aromatic N) is 7. The number of hydrogen-bond donors (Lipinski definition) is 3. The van der Waals surface area contributed by atoms with Crippen molar-refractivity contribution in [2.24, 2.45) is 0 Å². The second kappa shape index (κ2) is 14.7. The number of piperidine rings is 1. The van der Waals surface area contributed by atoms with Crippen LogP contribution in [-0.4, -0.2) is 73.3 Å². The van der Waals surface area contributed by atoms with Gasteiger partial charge in [-0.05, 0) is 79.3 Å². The average Bonchev–Trinajstić information content (AvgIpc) is 3.71. The Bertz CT molecular complexity index is 2220. The molecule has 0 spiro atoms. The first-order valence-corrected chi connectivity index (χ1v) is 18.5. The zero-order valence-electron chi connectivity index (χ0n) is 29.9. The van der Waals surface area contributed by atoms with Crippen LogP contribution in [0.4, 0.5) is 23.0 Å². The summed E-state index contributed by atoms with van der Waals surface area (Å²) in [5.41, 5.74) is 6.81. The Kier molecular flexibility index (Phi) is 9.48.